The van der Waals surface area contributed by atoms with Crippen LogP contribution in [0.25, 0.3) is 55.0 Å². The molecular weight excluding hydrogens is 701 g/mol. The van der Waals surface area contributed by atoms with Crippen molar-refractivity contribution in [1.29, 1.82) is 0 Å². The molecule has 7 aromatic carbocycles. The average Bonchev–Trinajstić information content (AvgIpc) is 3.20. The zero-order valence-electron chi connectivity index (χ0n) is 31.4. The third-order valence-electron chi connectivity index (χ3n) is 14.1. The summed E-state index contributed by atoms with van der Waals surface area (Å²) in [5.74, 6) is 3.31. The van der Waals surface area contributed by atoms with E-state index in [1.807, 2.05) is 24.3 Å². The van der Waals surface area contributed by atoms with Gasteiger partial charge in [-0.15, -0.1) is 0 Å². The average molecular weight is 728 g/mol. The predicted octanol–water partition coefficient (Wildman–Crippen LogP) is 2.85. The lowest BCUT2D eigenvalue weighted by Gasteiger charge is -2.45. The van der Waals surface area contributed by atoms with E-state index in [9.17, 15) is 9.59 Å². The molecule has 57 heavy (non-hydrogen) atoms. The van der Waals surface area contributed by atoms with Crippen molar-refractivity contribution < 1.29 is 9.47 Å². The second kappa shape index (κ2) is 9.11. The minimum atomic E-state index is -0.212. The van der Waals surface area contributed by atoms with Crippen LogP contribution in [0, 0.1) is 27.7 Å². The Morgan fingerprint density at radius 3 is 1.32 bits per heavy atom. The van der Waals surface area contributed by atoms with E-state index < -0.39 is 0 Å². The molecule has 6 nitrogen and oxygen atoms in total. The molecule has 0 amide bonds. The Morgan fingerprint density at radius 1 is 0.386 bits per heavy atom. The monoisotopic (exact) mass is 728 g/mol. The Morgan fingerprint density at radius 2 is 0.842 bits per heavy atom. The first kappa shape index (κ1) is 29.5. The Balaban J connectivity index is 1.26. The van der Waals surface area contributed by atoms with Crippen LogP contribution in [0.4, 0.5) is 0 Å². The maximum absolute atomic E-state index is 14.9. The van der Waals surface area contributed by atoms with Crippen molar-refractivity contribution in [3.05, 3.63) is 134 Å². The number of benzene rings is 7. The van der Waals surface area contributed by atoms with Crippen LogP contribution in [-0.2, 0) is 0 Å². The summed E-state index contributed by atoms with van der Waals surface area (Å²) in [6, 6.07) is 32.3. The Labute approximate surface area is 326 Å². The van der Waals surface area contributed by atoms with Gasteiger partial charge in [0.15, 0.2) is 10.9 Å². The van der Waals surface area contributed by atoms with Gasteiger partial charge in [0, 0.05) is 32.9 Å². The molecule has 0 atom stereocenters. The molecule has 0 bridgehead atoms. The number of fused-ring (bicyclic) bond motifs is 8. The topological polar surface area (TPSA) is 62.5 Å². The van der Waals surface area contributed by atoms with Crippen LogP contribution in [0.15, 0.2) is 101 Å². The highest BCUT2D eigenvalue weighted by Gasteiger charge is 2.51. The van der Waals surface area contributed by atoms with Crippen LogP contribution in [0.1, 0.15) is 22.3 Å². The van der Waals surface area contributed by atoms with Crippen molar-refractivity contribution in [3.63, 3.8) is 0 Å². The molecule has 15 rings (SSSR count). The zero-order chi connectivity index (χ0) is 37.7. The normalized spacial score (nSPS) is 14.6. The minimum Gasteiger partial charge on any atom is -0.458 e. The van der Waals surface area contributed by atoms with Crippen molar-refractivity contribution in [2.45, 2.75) is 27.7 Å². The standard InChI is InChI=1S/C48H27B3N2O4/c1-20-5-9-28-36(17-20)56-34-11-7-24-43-38(34)49(28)32-19-33-46-40-45(32)52(43)41-26(47(24)54)13-22(3)15-30(41)51(40)31-16-23(4)14-27-42(31)53(46)44-25(48(27)55)8-12-35-39(44)50(33)29-10-6-21(2)18-37(29)57-35/h5-19H,1-4H3. The third-order valence-corrected chi connectivity index (χ3v) is 14.1. The van der Waals surface area contributed by atoms with E-state index in [1.54, 1.807) is 0 Å². The summed E-state index contributed by atoms with van der Waals surface area (Å²) in [6.45, 7) is 7.86. The molecule has 6 aliphatic rings. The van der Waals surface area contributed by atoms with Crippen molar-refractivity contribution in [2.24, 2.45) is 0 Å². The van der Waals surface area contributed by atoms with Crippen LogP contribution in [0.2, 0.25) is 0 Å². The molecule has 9 heteroatoms. The fourth-order valence-electron chi connectivity index (χ4n) is 12.2. The van der Waals surface area contributed by atoms with Gasteiger partial charge in [-0.05, 0) is 137 Å². The molecule has 262 valence electrons. The van der Waals surface area contributed by atoms with Crippen LogP contribution < -0.4 is 69.5 Å². The highest BCUT2D eigenvalue weighted by Crippen LogP contribution is 2.40. The van der Waals surface area contributed by atoms with E-state index in [-0.39, 0.29) is 31.0 Å². The van der Waals surface area contributed by atoms with Gasteiger partial charge in [-0.1, -0.05) is 53.6 Å². The van der Waals surface area contributed by atoms with Gasteiger partial charge in [-0.3, -0.25) is 9.59 Å². The van der Waals surface area contributed by atoms with Gasteiger partial charge in [-0.2, -0.15) is 0 Å². The van der Waals surface area contributed by atoms with Crippen LogP contribution in [-0.4, -0.2) is 29.3 Å². The summed E-state index contributed by atoms with van der Waals surface area (Å²) in [6.07, 6.45) is 0. The Bertz CT molecular complexity index is 3530. The van der Waals surface area contributed by atoms with Crippen LogP contribution in [0.5, 0.6) is 23.0 Å². The summed E-state index contributed by atoms with van der Waals surface area (Å²) < 4.78 is 18.5. The summed E-state index contributed by atoms with van der Waals surface area (Å²) >= 11 is 0. The first-order valence-electron chi connectivity index (χ1n) is 19.8. The highest BCUT2D eigenvalue weighted by molar-refractivity contribution is 7.06. The largest absolute Gasteiger partial charge is 0.458 e. The molecule has 0 saturated heterocycles. The second-order valence-electron chi connectivity index (χ2n) is 17.3. The molecule has 8 heterocycles. The van der Waals surface area contributed by atoms with Crippen molar-refractivity contribution in [3.8, 4) is 34.4 Å². The molecule has 0 radical (unpaired) electrons. The molecule has 0 saturated carbocycles. The number of pyridine rings is 2. The quantitative estimate of drug-likeness (QED) is 0.178. The van der Waals surface area contributed by atoms with E-state index in [1.165, 1.54) is 16.4 Å². The zero-order valence-corrected chi connectivity index (χ0v) is 31.4. The summed E-state index contributed by atoms with van der Waals surface area (Å²) in [4.78, 5) is 29.8. The highest BCUT2D eigenvalue weighted by atomic mass is 16.5. The summed E-state index contributed by atoms with van der Waals surface area (Å²) in [5.41, 5.74) is 20.7. The molecule has 6 aliphatic heterocycles. The smallest absolute Gasteiger partial charge is 0.256 e. The molecule has 0 spiro atoms. The fraction of sp³-hybridized carbons (Fsp3) is 0.0833. The predicted molar refractivity (Wildman–Crippen MR) is 234 cm³/mol. The third kappa shape index (κ3) is 3.07. The van der Waals surface area contributed by atoms with Gasteiger partial charge in [0.05, 0.1) is 22.1 Å². The van der Waals surface area contributed by atoms with E-state index in [0.717, 1.165) is 122 Å². The van der Waals surface area contributed by atoms with Gasteiger partial charge in [0.1, 0.15) is 23.0 Å². The minimum absolute atomic E-state index is 0.0430. The Kier molecular flexibility index (Phi) is 4.72. The maximum Gasteiger partial charge on any atom is 0.256 e. The van der Waals surface area contributed by atoms with E-state index in [2.05, 4.69) is 104 Å². The van der Waals surface area contributed by atoms with Crippen molar-refractivity contribution in [2.75, 3.05) is 0 Å². The molecular formula is C48H27B3N2O4. The van der Waals surface area contributed by atoms with E-state index in [4.69, 9.17) is 9.47 Å². The maximum atomic E-state index is 14.9. The van der Waals surface area contributed by atoms with E-state index >= 15 is 0 Å². The molecule has 0 fully saturated rings. The first-order valence-corrected chi connectivity index (χ1v) is 19.8. The first-order chi connectivity index (χ1) is 27.7. The number of aromatic nitrogens is 2. The molecule has 2 aromatic heterocycles. The molecule has 0 N–H and O–H groups in total. The SMILES string of the molecule is Cc1ccc2c(c1)Oc1ccc3c(=O)c4cc(C)cc5c4n4c3c1B2c1cc2c3c(c1-4)B5c1cc(C)cc4c(=O)c5ccc6c(c5n-3c14)B2c1ccc(C)cc1O6. The fourth-order valence-corrected chi connectivity index (χ4v) is 12.2. The second-order valence-corrected chi connectivity index (χ2v) is 17.3. The molecule has 0 aliphatic carbocycles. The van der Waals surface area contributed by atoms with Crippen molar-refractivity contribution >= 4 is 113 Å². The number of hydrogen-bond acceptors (Lipinski definition) is 4. The number of aryl methyl sites for hydroxylation is 4. The lowest BCUT2D eigenvalue weighted by molar-refractivity contribution is 0.487. The van der Waals surface area contributed by atoms with Gasteiger partial charge in [0.2, 0.25) is 0 Å². The van der Waals surface area contributed by atoms with Crippen molar-refractivity contribution in [1.82, 2.24) is 9.13 Å². The number of hydrogen-bond donors (Lipinski definition) is 0. The number of nitrogens with zero attached hydrogens (tertiary/aromatic N) is 2. The van der Waals surface area contributed by atoms with Gasteiger partial charge < -0.3 is 18.6 Å². The van der Waals surface area contributed by atoms with Gasteiger partial charge >= 0.3 is 0 Å². The van der Waals surface area contributed by atoms with E-state index in [0.29, 0.717) is 10.8 Å². The summed E-state index contributed by atoms with van der Waals surface area (Å²) in [5, 5.41) is 2.87. The lowest BCUT2D eigenvalue weighted by Crippen LogP contribution is -2.71. The number of rotatable bonds is 0. The Hall–Kier alpha value is -6.73. The van der Waals surface area contributed by atoms with Crippen LogP contribution in [0.3, 0.4) is 0 Å². The molecule has 0 unspecified atom stereocenters. The lowest BCUT2D eigenvalue weighted by atomic mass is 9.26. The van der Waals surface area contributed by atoms with Gasteiger partial charge in [0.25, 0.3) is 20.1 Å². The molecule has 9 aromatic rings. The number of ether oxygens (including phenoxy) is 2. The van der Waals surface area contributed by atoms with Gasteiger partial charge in [-0.25, -0.2) is 0 Å². The summed E-state index contributed by atoms with van der Waals surface area (Å²) in [7, 11) is 0. The van der Waals surface area contributed by atoms with Crippen LogP contribution >= 0.6 is 0 Å².